The van der Waals surface area contributed by atoms with Crippen LogP contribution in [0.3, 0.4) is 0 Å². The highest BCUT2D eigenvalue weighted by atomic mass is 16.3. The average molecular weight is 354 g/mol. The van der Waals surface area contributed by atoms with Gasteiger partial charge in [0, 0.05) is 31.9 Å². The molecule has 2 fully saturated rings. The lowest BCUT2D eigenvalue weighted by molar-refractivity contribution is -0.119. The molecule has 1 atom stereocenters. The number of amides is 1. The molecule has 2 aliphatic rings. The normalized spacial score (nSPS) is 26.4. The van der Waals surface area contributed by atoms with Gasteiger partial charge >= 0.3 is 0 Å². The minimum absolute atomic E-state index is 0.0905. The summed E-state index contributed by atoms with van der Waals surface area (Å²) in [7, 11) is 1.87. The first-order chi connectivity index (χ1) is 12.6. The minimum atomic E-state index is -0.0905. The molecule has 2 aromatic rings. The molecule has 138 valence electrons. The minimum Gasteiger partial charge on any atom is -0.508 e. The maximum Gasteiger partial charge on any atom is 0.245 e. The summed E-state index contributed by atoms with van der Waals surface area (Å²) >= 11 is 0. The Bertz CT molecular complexity index is 762. The first kappa shape index (κ1) is 17.1. The lowest BCUT2D eigenvalue weighted by Gasteiger charge is -2.31. The van der Waals surface area contributed by atoms with E-state index in [4.69, 9.17) is 0 Å². The molecule has 0 spiro atoms. The zero-order chi connectivity index (χ0) is 18.1. The fourth-order valence-corrected chi connectivity index (χ4v) is 4.23. The van der Waals surface area contributed by atoms with Gasteiger partial charge in [0.15, 0.2) is 5.82 Å². The fraction of sp³-hybridized carbons (Fsp3) is 0.500. The highest BCUT2D eigenvalue weighted by Crippen LogP contribution is 2.34. The molecular weight excluding hydrogens is 328 g/mol. The van der Waals surface area contributed by atoms with E-state index in [1.165, 1.54) is 5.56 Å². The molecule has 2 heterocycles. The summed E-state index contributed by atoms with van der Waals surface area (Å²) < 4.78 is 1.73. The molecule has 26 heavy (non-hydrogen) atoms. The number of anilines is 1. The van der Waals surface area contributed by atoms with Crippen LogP contribution in [0.5, 0.6) is 5.75 Å². The molecule has 0 bridgehead atoms. The van der Waals surface area contributed by atoms with E-state index >= 15 is 0 Å². The van der Waals surface area contributed by atoms with Gasteiger partial charge in [-0.3, -0.25) is 14.4 Å². The number of nitrogens with zero attached hydrogens (tertiary/aromatic N) is 3. The monoisotopic (exact) mass is 354 g/mol. The lowest BCUT2D eigenvalue weighted by atomic mass is 9.81. The molecule has 1 saturated heterocycles. The number of phenols is 1. The van der Waals surface area contributed by atoms with E-state index in [1.807, 2.05) is 31.4 Å². The molecule has 1 aliphatic carbocycles. The van der Waals surface area contributed by atoms with Gasteiger partial charge in [-0.2, -0.15) is 5.10 Å². The van der Waals surface area contributed by atoms with Crippen LogP contribution in [0.15, 0.2) is 36.5 Å². The summed E-state index contributed by atoms with van der Waals surface area (Å²) in [5.41, 5.74) is 1.31. The first-order valence-electron chi connectivity index (χ1n) is 9.46. The third-order valence-corrected chi connectivity index (χ3v) is 5.71. The second-order valence-electron chi connectivity index (χ2n) is 7.49. The number of aryl methyl sites for hydroxylation is 1. The van der Waals surface area contributed by atoms with E-state index in [-0.39, 0.29) is 11.9 Å². The van der Waals surface area contributed by atoms with Crippen molar-refractivity contribution in [2.75, 3.05) is 11.4 Å². The van der Waals surface area contributed by atoms with Gasteiger partial charge in [0.1, 0.15) is 5.75 Å². The summed E-state index contributed by atoms with van der Waals surface area (Å²) in [5.74, 6) is 1.77. The molecule has 6 heteroatoms. The van der Waals surface area contributed by atoms with Crippen LogP contribution in [-0.2, 0) is 11.8 Å². The summed E-state index contributed by atoms with van der Waals surface area (Å²) in [6.45, 7) is 0.733. The van der Waals surface area contributed by atoms with Crippen LogP contribution >= 0.6 is 0 Å². The number of hydrogen-bond acceptors (Lipinski definition) is 4. The third kappa shape index (κ3) is 3.46. The van der Waals surface area contributed by atoms with Crippen LogP contribution in [0.1, 0.15) is 43.6 Å². The molecular formula is C20H26N4O2. The standard InChI is InChI=1S/C20H26N4O2/c1-23-12-11-19(22-23)24-13-10-18(20(24)26)21-16-6-2-14(3-7-16)15-4-8-17(25)9-5-15/h4-5,8-9,11-12,14,16,18,21,25H,2-3,6-7,10,13H2,1H3. The Morgan fingerprint density at radius 2 is 1.81 bits per heavy atom. The van der Waals surface area contributed by atoms with Crippen molar-refractivity contribution in [2.45, 2.75) is 50.1 Å². The maximum absolute atomic E-state index is 12.7. The number of aromatic hydroxyl groups is 1. The van der Waals surface area contributed by atoms with Crippen LogP contribution in [0.4, 0.5) is 5.82 Å². The lowest BCUT2D eigenvalue weighted by Crippen LogP contribution is -2.45. The molecule has 1 aromatic carbocycles. The van der Waals surface area contributed by atoms with E-state index in [0.29, 0.717) is 17.7 Å². The number of rotatable bonds is 4. The van der Waals surface area contributed by atoms with Crippen molar-refractivity contribution in [1.29, 1.82) is 0 Å². The van der Waals surface area contributed by atoms with Crippen molar-refractivity contribution in [2.24, 2.45) is 7.05 Å². The zero-order valence-corrected chi connectivity index (χ0v) is 15.1. The number of carbonyl (C=O) groups is 1. The average Bonchev–Trinajstić information content (AvgIpc) is 3.23. The molecule has 1 amide bonds. The smallest absolute Gasteiger partial charge is 0.245 e. The van der Waals surface area contributed by atoms with E-state index < -0.39 is 0 Å². The second-order valence-corrected chi connectivity index (χ2v) is 7.49. The number of aromatic nitrogens is 2. The second kappa shape index (κ2) is 7.11. The van der Waals surface area contributed by atoms with Crippen molar-refractivity contribution in [3.8, 4) is 5.75 Å². The number of hydrogen-bond donors (Lipinski definition) is 2. The Morgan fingerprint density at radius 1 is 1.08 bits per heavy atom. The Balaban J connectivity index is 1.30. The number of phenolic OH excluding ortho intramolecular Hbond substituents is 1. The highest BCUT2D eigenvalue weighted by molar-refractivity contribution is 5.98. The molecule has 1 saturated carbocycles. The van der Waals surface area contributed by atoms with Crippen molar-refractivity contribution < 1.29 is 9.90 Å². The van der Waals surface area contributed by atoms with E-state index in [9.17, 15) is 9.90 Å². The highest BCUT2D eigenvalue weighted by Gasteiger charge is 2.35. The van der Waals surface area contributed by atoms with E-state index in [2.05, 4.69) is 10.4 Å². The first-order valence-corrected chi connectivity index (χ1v) is 9.46. The quantitative estimate of drug-likeness (QED) is 0.885. The number of benzene rings is 1. The van der Waals surface area contributed by atoms with Crippen LogP contribution < -0.4 is 10.2 Å². The van der Waals surface area contributed by atoms with Crippen LogP contribution in [0, 0.1) is 0 Å². The topological polar surface area (TPSA) is 70.4 Å². The zero-order valence-electron chi connectivity index (χ0n) is 15.1. The summed E-state index contributed by atoms with van der Waals surface area (Å²) in [6, 6.07) is 9.79. The van der Waals surface area contributed by atoms with Crippen molar-refractivity contribution in [3.05, 3.63) is 42.1 Å². The number of carbonyl (C=O) groups excluding carboxylic acids is 1. The maximum atomic E-state index is 12.7. The predicted molar refractivity (Wildman–Crippen MR) is 100 cm³/mol. The summed E-state index contributed by atoms with van der Waals surface area (Å²) in [6.07, 6.45) is 7.11. The van der Waals surface area contributed by atoms with Gasteiger partial charge < -0.3 is 10.4 Å². The van der Waals surface area contributed by atoms with Gasteiger partial charge in [-0.05, 0) is 55.7 Å². The van der Waals surface area contributed by atoms with Gasteiger partial charge in [0.2, 0.25) is 5.91 Å². The number of nitrogens with one attached hydrogen (secondary N) is 1. The largest absolute Gasteiger partial charge is 0.508 e. The Labute approximate surface area is 153 Å². The van der Waals surface area contributed by atoms with Gasteiger partial charge in [0.25, 0.3) is 0 Å². The van der Waals surface area contributed by atoms with E-state index in [0.717, 1.165) is 44.5 Å². The molecule has 2 N–H and O–H groups in total. The third-order valence-electron chi connectivity index (χ3n) is 5.71. The van der Waals surface area contributed by atoms with Crippen molar-refractivity contribution in [1.82, 2.24) is 15.1 Å². The van der Waals surface area contributed by atoms with Gasteiger partial charge in [-0.1, -0.05) is 12.1 Å². The molecule has 1 unspecified atom stereocenters. The predicted octanol–water partition coefficient (Wildman–Crippen LogP) is 2.55. The van der Waals surface area contributed by atoms with Crippen LogP contribution in [-0.4, -0.2) is 39.4 Å². The van der Waals surface area contributed by atoms with Crippen molar-refractivity contribution >= 4 is 11.7 Å². The van der Waals surface area contributed by atoms with E-state index in [1.54, 1.807) is 21.7 Å². The Morgan fingerprint density at radius 3 is 2.46 bits per heavy atom. The fourth-order valence-electron chi connectivity index (χ4n) is 4.23. The Hall–Kier alpha value is -2.34. The molecule has 1 aliphatic heterocycles. The SMILES string of the molecule is Cn1ccc(N2CCC(NC3CCC(c4ccc(O)cc4)CC3)C2=O)n1. The summed E-state index contributed by atoms with van der Waals surface area (Å²) in [4.78, 5) is 14.5. The summed E-state index contributed by atoms with van der Waals surface area (Å²) in [5, 5.41) is 17.4. The van der Waals surface area contributed by atoms with Crippen LogP contribution in [0.2, 0.25) is 0 Å². The van der Waals surface area contributed by atoms with Gasteiger partial charge in [-0.25, -0.2) is 0 Å². The van der Waals surface area contributed by atoms with Gasteiger partial charge in [-0.15, -0.1) is 0 Å². The van der Waals surface area contributed by atoms with Crippen LogP contribution in [0.25, 0.3) is 0 Å². The van der Waals surface area contributed by atoms with Crippen molar-refractivity contribution in [3.63, 3.8) is 0 Å². The molecule has 6 nitrogen and oxygen atoms in total. The molecule has 1 aromatic heterocycles. The Kier molecular flexibility index (Phi) is 4.68. The van der Waals surface area contributed by atoms with Gasteiger partial charge in [0.05, 0.1) is 6.04 Å². The molecule has 4 rings (SSSR count). The molecule has 0 radical (unpaired) electrons.